The Balaban J connectivity index is 1.68. The predicted octanol–water partition coefficient (Wildman–Crippen LogP) is 2.58. The van der Waals surface area contributed by atoms with Crippen molar-refractivity contribution in [3.63, 3.8) is 0 Å². The van der Waals surface area contributed by atoms with Crippen molar-refractivity contribution in [2.75, 3.05) is 5.32 Å². The third kappa shape index (κ3) is 1.88. The van der Waals surface area contributed by atoms with Crippen molar-refractivity contribution < 1.29 is 4.74 Å². The molecule has 3 atom stereocenters. The lowest BCUT2D eigenvalue weighted by molar-refractivity contribution is 0.102. The van der Waals surface area contributed by atoms with Gasteiger partial charge in [0.25, 0.3) is 0 Å². The first-order valence-electron chi connectivity index (χ1n) is 5.35. The first kappa shape index (κ1) is 9.60. The van der Waals surface area contributed by atoms with Gasteiger partial charge in [0.1, 0.15) is 5.82 Å². The number of nitrogens with one attached hydrogen (secondary N) is 1. The van der Waals surface area contributed by atoms with Crippen LogP contribution in [0.3, 0.4) is 0 Å². The van der Waals surface area contributed by atoms with Gasteiger partial charge in [0.2, 0.25) is 0 Å². The Bertz CT molecular complexity index is 354. The molecule has 0 amide bonds. The second-order valence-corrected chi connectivity index (χ2v) is 5.14. The van der Waals surface area contributed by atoms with Crippen LogP contribution in [0.4, 0.5) is 5.82 Å². The zero-order chi connectivity index (χ0) is 10.3. The molecule has 0 saturated carbocycles. The zero-order valence-corrected chi connectivity index (χ0v) is 9.90. The first-order chi connectivity index (χ1) is 7.31. The van der Waals surface area contributed by atoms with Crippen LogP contribution in [-0.2, 0) is 4.74 Å². The molecule has 2 saturated heterocycles. The standard InChI is InChI=1S/C11H13BrN2O/c12-7-1-4-11(13-6-7)14-9-5-8-2-3-10(9)15-8/h1,4,6,8-10H,2-3,5H2,(H,13,14). The topological polar surface area (TPSA) is 34.1 Å². The molecule has 3 unspecified atom stereocenters. The number of hydrogen-bond donors (Lipinski definition) is 1. The van der Waals surface area contributed by atoms with Gasteiger partial charge in [-0.1, -0.05) is 0 Å². The van der Waals surface area contributed by atoms with Gasteiger partial charge in [-0.3, -0.25) is 0 Å². The van der Waals surface area contributed by atoms with E-state index in [2.05, 4.69) is 26.2 Å². The Kier molecular flexibility index (Phi) is 2.41. The highest BCUT2D eigenvalue weighted by molar-refractivity contribution is 9.10. The molecular formula is C11H13BrN2O. The van der Waals surface area contributed by atoms with Crippen LogP contribution in [0.1, 0.15) is 19.3 Å². The number of nitrogens with zero attached hydrogens (tertiary/aromatic N) is 1. The molecule has 1 N–H and O–H groups in total. The summed E-state index contributed by atoms with van der Waals surface area (Å²) in [5.41, 5.74) is 0. The normalized spacial score (nSPS) is 33.3. The molecule has 0 aliphatic carbocycles. The van der Waals surface area contributed by atoms with Crippen LogP contribution in [-0.4, -0.2) is 23.2 Å². The summed E-state index contributed by atoms with van der Waals surface area (Å²) >= 11 is 3.38. The minimum Gasteiger partial charge on any atom is -0.373 e. The highest BCUT2D eigenvalue weighted by Crippen LogP contribution is 2.35. The molecule has 3 nitrogen and oxygen atoms in total. The Morgan fingerprint density at radius 2 is 2.33 bits per heavy atom. The van der Waals surface area contributed by atoms with Crippen molar-refractivity contribution in [3.05, 3.63) is 22.8 Å². The summed E-state index contributed by atoms with van der Waals surface area (Å²) in [7, 11) is 0. The average Bonchev–Trinajstić information content (AvgIpc) is 2.83. The molecule has 0 aromatic carbocycles. The van der Waals surface area contributed by atoms with E-state index in [1.807, 2.05) is 18.3 Å². The van der Waals surface area contributed by atoms with Gasteiger partial charge in [-0.2, -0.15) is 0 Å². The van der Waals surface area contributed by atoms with Gasteiger partial charge in [-0.15, -0.1) is 0 Å². The molecular weight excluding hydrogens is 256 g/mol. The zero-order valence-electron chi connectivity index (χ0n) is 8.32. The lowest BCUT2D eigenvalue weighted by atomic mass is 9.95. The molecule has 2 fully saturated rings. The van der Waals surface area contributed by atoms with E-state index in [0.717, 1.165) is 16.7 Å². The molecule has 3 heterocycles. The third-order valence-corrected chi connectivity index (χ3v) is 3.64. The third-order valence-electron chi connectivity index (χ3n) is 3.17. The minimum absolute atomic E-state index is 0.403. The van der Waals surface area contributed by atoms with Crippen molar-refractivity contribution >= 4 is 21.7 Å². The predicted molar refractivity (Wildman–Crippen MR) is 61.9 cm³/mol. The van der Waals surface area contributed by atoms with Gasteiger partial charge in [-0.05, 0) is 47.3 Å². The van der Waals surface area contributed by atoms with Crippen LogP contribution in [0.5, 0.6) is 0 Å². The summed E-state index contributed by atoms with van der Waals surface area (Å²) in [6, 6.07) is 4.46. The number of anilines is 1. The Morgan fingerprint density at radius 3 is 2.93 bits per heavy atom. The smallest absolute Gasteiger partial charge is 0.126 e. The molecule has 0 radical (unpaired) electrons. The van der Waals surface area contributed by atoms with Crippen LogP contribution in [0.25, 0.3) is 0 Å². The Morgan fingerprint density at radius 1 is 1.40 bits per heavy atom. The highest BCUT2D eigenvalue weighted by Gasteiger charge is 2.40. The fourth-order valence-electron chi connectivity index (χ4n) is 2.44. The number of pyridine rings is 1. The summed E-state index contributed by atoms with van der Waals surface area (Å²) in [6.45, 7) is 0. The van der Waals surface area contributed by atoms with Gasteiger partial charge in [0.15, 0.2) is 0 Å². The summed E-state index contributed by atoms with van der Waals surface area (Å²) in [6.07, 6.45) is 6.26. The number of ether oxygens (including phenoxy) is 1. The number of halogens is 1. The number of rotatable bonds is 2. The van der Waals surface area contributed by atoms with E-state index in [0.29, 0.717) is 18.2 Å². The van der Waals surface area contributed by atoms with Crippen molar-refractivity contribution in [1.82, 2.24) is 4.98 Å². The van der Waals surface area contributed by atoms with E-state index in [4.69, 9.17) is 4.74 Å². The van der Waals surface area contributed by atoms with Crippen molar-refractivity contribution in [2.24, 2.45) is 0 Å². The molecule has 0 spiro atoms. The fourth-order valence-corrected chi connectivity index (χ4v) is 2.68. The summed E-state index contributed by atoms with van der Waals surface area (Å²) in [5.74, 6) is 0.944. The van der Waals surface area contributed by atoms with Crippen molar-refractivity contribution in [2.45, 2.75) is 37.5 Å². The maximum atomic E-state index is 5.78. The largest absolute Gasteiger partial charge is 0.373 e. The lowest BCUT2D eigenvalue weighted by Gasteiger charge is -2.20. The minimum atomic E-state index is 0.403. The number of hydrogen-bond acceptors (Lipinski definition) is 3. The summed E-state index contributed by atoms with van der Waals surface area (Å²) in [5, 5.41) is 3.44. The second-order valence-electron chi connectivity index (χ2n) is 4.22. The number of fused-ring (bicyclic) bond motifs is 2. The average molecular weight is 269 g/mol. The van der Waals surface area contributed by atoms with Crippen LogP contribution in [0, 0.1) is 0 Å². The van der Waals surface area contributed by atoms with Gasteiger partial charge >= 0.3 is 0 Å². The summed E-state index contributed by atoms with van der Waals surface area (Å²) in [4.78, 5) is 4.31. The maximum Gasteiger partial charge on any atom is 0.126 e. The van der Waals surface area contributed by atoms with Crippen LogP contribution >= 0.6 is 15.9 Å². The number of aromatic nitrogens is 1. The van der Waals surface area contributed by atoms with Crippen molar-refractivity contribution in [1.29, 1.82) is 0 Å². The monoisotopic (exact) mass is 268 g/mol. The molecule has 2 aliphatic heterocycles. The van der Waals surface area contributed by atoms with Gasteiger partial charge in [0.05, 0.1) is 18.2 Å². The second kappa shape index (κ2) is 3.76. The molecule has 80 valence electrons. The quantitative estimate of drug-likeness (QED) is 0.896. The van der Waals surface area contributed by atoms with Crippen LogP contribution in [0.15, 0.2) is 22.8 Å². The van der Waals surface area contributed by atoms with Crippen LogP contribution in [0.2, 0.25) is 0 Å². The molecule has 1 aromatic rings. The Labute approximate surface area is 97.4 Å². The molecule has 3 rings (SSSR count). The fraction of sp³-hybridized carbons (Fsp3) is 0.545. The highest BCUT2D eigenvalue weighted by atomic mass is 79.9. The maximum absolute atomic E-state index is 5.78. The van der Waals surface area contributed by atoms with E-state index in [1.165, 1.54) is 12.8 Å². The van der Waals surface area contributed by atoms with Gasteiger partial charge < -0.3 is 10.1 Å². The van der Waals surface area contributed by atoms with Crippen molar-refractivity contribution in [3.8, 4) is 0 Å². The Hall–Kier alpha value is -0.610. The summed E-state index contributed by atoms with van der Waals surface area (Å²) < 4.78 is 6.79. The molecule has 4 heteroatoms. The molecule has 15 heavy (non-hydrogen) atoms. The van der Waals surface area contributed by atoms with Gasteiger partial charge in [-0.25, -0.2) is 4.98 Å². The SMILES string of the molecule is Brc1ccc(NC2CC3CCC2O3)nc1. The van der Waals surface area contributed by atoms with E-state index < -0.39 is 0 Å². The molecule has 2 aliphatic rings. The molecule has 1 aromatic heterocycles. The van der Waals surface area contributed by atoms with E-state index in [-0.39, 0.29) is 0 Å². The van der Waals surface area contributed by atoms with Crippen LogP contribution < -0.4 is 5.32 Å². The molecule has 2 bridgehead atoms. The lowest BCUT2D eigenvalue weighted by Crippen LogP contribution is -2.30. The van der Waals surface area contributed by atoms with E-state index in [1.54, 1.807) is 0 Å². The van der Waals surface area contributed by atoms with Gasteiger partial charge in [0, 0.05) is 10.7 Å². The first-order valence-corrected chi connectivity index (χ1v) is 6.14. The van der Waals surface area contributed by atoms with E-state index in [9.17, 15) is 0 Å². The van der Waals surface area contributed by atoms with E-state index >= 15 is 0 Å².